The summed E-state index contributed by atoms with van der Waals surface area (Å²) in [5.41, 5.74) is 2.59. The van der Waals surface area contributed by atoms with Gasteiger partial charge in [0.1, 0.15) is 0 Å². The summed E-state index contributed by atoms with van der Waals surface area (Å²) in [7, 11) is -1.55. The van der Waals surface area contributed by atoms with E-state index < -0.39 is 26.5 Å². The van der Waals surface area contributed by atoms with E-state index in [4.69, 9.17) is 11.6 Å². The number of benzene rings is 1. The minimum Gasteiger partial charge on any atom is -0.311 e. The predicted octanol–water partition coefficient (Wildman–Crippen LogP) is 3.39. The number of alkyl halides is 3. The summed E-state index contributed by atoms with van der Waals surface area (Å²) in [6.07, 6.45) is 2.58. The van der Waals surface area contributed by atoms with E-state index in [2.05, 4.69) is 38.0 Å². The van der Waals surface area contributed by atoms with Gasteiger partial charge in [0, 0.05) is 75.2 Å². The number of halogens is 3. The van der Waals surface area contributed by atoms with Gasteiger partial charge in [-0.05, 0) is 37.7 Å². The van der Waals surface area contributed by atoms with Crippen LogP contribution in [0.15, 0.2) is 30.3 Å². The van der Waals surface area contributed by atoms with Crippen LogP contribution < -0.4 is 10.6 Å². The minimum atomic E-state index is -3.45. The monoisotopic (exact) mass is 596 g/mol. The molecule has 0 amide bonds. The highest BCUT2D eigenvalue weighted by Crippen LogP contribution is 2.52. The third-order valence-electron chi connectivity index (χ3n) is 9.97. The zero-order valence-corrected chi connectivity index (χ0v) is 24.8. The first-order chi connectivity index (χ1) is 19.0. The highest BCUT2D eigenvalue weighted by Gasteiger charge is 2.61. The average Bonchev–Trinajstić information content (AvgIpc) is 3.42. The first-order valence-electron chi connectivity index (χ1n) is 14.3. The quantitative estimate of drug-likeness (QED) is 0.404. The molecule has 1 aromatic carbocycles. The van der Waals surface area contributed by atoms with Crippen LogP contribution in [0, 0.1) is 18.8 Å². The van der Waals surface area contributed by atoms with Gasteiger partial charge in [-0.25, -0.2) is 17.2 Å². The second-order valence-electron chi connectivity index (χ2n) is 12.4. The molecule has 8 atom stereocenters. The molecule has 2 aromatic rings. The summed E-state index contributed by atoms with van der Waals surface area (Å²) in [5, 5.41) is 14.9. The molecule has 220 valence electrons. The summed E-state index contributed by atoms with van der Waals surface area (Å²) in [6, 6.07) is 9.43. The van der Waals surface area contributed by atoms with Crippen molar-refractivity contribution in [3.63, 3.8) is 0 Å². The lowest BCUT2D eigenvalue weighted by Gasteiger charge is -2.48. The molecular formula is C28H39ClF2N6O2S. The van der Waals surface area contributed by atoms with Crippen LogP contribution >= 0.6 is 11.6 Å². The van der Waals surface area contributed by atoms with Crippen LogP contribution in [0.2, 0.25) is 0 Å². The molecule has 0 spiro atoms. The van der Waals surface area contributed by atoms with Gasteiger partial charge in [0.25, 0.3) is 0 Å². The van der Waals surface area contributed by atoms with Crippen LogP contribution in [0.1, 0.15) is 61.0 Å². The second-order valence-corrected chi connectivity index (χ2v) is 15.1. The Labute approximate surface area is 240 Å². The molecular weight excluding hydrogens is 558 g/mol. The standard InChI is InChI=1S/C28H39ClF2N6O2S/c1-16-24(36(2)35-34-16)19-13-20-23(32-14-19)22-26(21(40(3,38)39)15-33-27(22)29)37(20)25(17-7-5-4-6-8-17)18-9-11-28(30,31)12-10-18/h4-8,18-23,25-27,32-33H,9-15H2,1-3H3. The zero-order chi connectivity index (χ0) is 28.4. The summed E-state index contributed by atoms with van der Waals surface area (Å²) < 4.78 is 57.2. The molecule has 8 unspecified atom stereocenters. The van der Waals surface area contributed by atoms with Gasteiger partial charge < -0.3 is 5.32 Å². The van der Waals surface area contributed by atoms with Gasteiger partial charge in [0.15, 0.2) is 9.84 Å². The largest absolute Gasteiger partial charge is 0.311 e. The molecule has 4 aliphatic rings. The third kappa shape index (κ3) is 4.99. The van der Waals surface area contributed by atoms with Gasteiger partial charge in [0.05, 0.1) is 22.1 Å². The molecule has 12 heteroatoms. The maximum absolute atomic E-state index is 14.4. The maximum Gasteiger partial charge on any atom is 0.248 e. The molecule has 40 heavy (non-hydrogen) atoms. The Bertz CT molecular complexity index is 1300. The fraction of sp³-hybridized carbons (Fsp3) is 0.714. The van der Waals surface area contributed by atoms with Crippen molar-refractivity contribution in [2.24, 2.45) is 18.9 Å². The van der Waals surface area contributed by atoms with Crippen molar-refractivity contribution < 1.29 is 17.2 Å². The summed E-state index contributed by atoms with van der Waals surface area (Å²) in [5.74, 6) is -2.72. The number of nitrogens with zero attached hydrogens (tertiary/aromatic N) is 4. The Morgan fingerprint density at radius 1 is 1.12 bits per heavy atom. The highest BCUT2D eigenvalue weighted by molar-refractivity contribution is 7.91. The number of aryl methyl sites for hydroxylation is 2. The number of fused-ring (bicyclic) bond motifs is 3. The van der Waals surface area contributed by atoms with Crippen LogP contribution in [0.5, 0.6) is 0 Å². The number of rotatable bonds is 5. The van der Waals surface area contributed by atoms with Crippen molar-refractivity contribution in [2.45, 2.75) is 85.8 Å². The number of sulfone groups is 1. The van der Waals surface area contributed by atoms with Gasteiger partial charge in [-0.2, -0.15) is 0 Å². The minimum absolute atomic E-state index is 0.0224. The molecule has 3 saturated heterocycles. The fourth-order valence-corrected chi connectivity index (χ4v) is 9.92. The van der Waals surface area contributed by atoms with E-state index in [9.17, 15) is 17.2 Å². The summed E-state index contributed by atoms with van der Waals surface area (Å²) in [4.78, 5) is 2.42. The van der Waals surface area contributed by atoms with Gasteiger partial charge in [-0.3, -0.25) is 14.9 Å². The predicted molar refractivity (Wildman–Crippen MR) is 150 cm³/mol. The molecule has 1 saturated carbocycles. The lowest BCUT2D eigenvalue weighted by molar-refractivity contribution is -0.0627. The van der Waals surface area contributed by atoms with Gasteiger partial charge in [-0.15, -0.1) is 16.7 Å². The van der Waals surface area contributed by atoms with E-state index in [0.29, 0.717) is 19.4 Å². The van der Waals surface area contributed by atoms with Gasteiger partial charge in [0.2, 0.25) is 5.92 Å². The van der Waals surface area contributed by atoms with Crippen molar-refractivity contribution in [1.29, 1.82) is 0 Å². The van der Waals surface area contributed by atoms with E-state index in [1.165, 1.54) is 6.26 Å². The lowest BCUT2D eigenvalue weighted by Crippen LogP contribution is -2.61. The highest BCUT2D eigenvalue weighted by atomic mass is 35.5. The zero-order valence-electron chi connectivity index (χ0n) is 23.2. The third-order valence-corrected chi connectivity index (χ3v) is 12.0. The van der Waals surface area contributed by atoms with Crippen molar-refractivity contribution in [2.75, 3.05) is 19.3 Å². The first kappa shape index (κ1) is 28.5. The van der Waals surface area contributed by atoms with E-state index in [1.807, 2.05) is 36.9 Å². The van der Waals surface area contributed by atoms with Crippen LogP contribution in [-0.2, 0) is 16.9 Å². The van der Waals surface area contributed by atoms with Gasteiger partial charge in [-0.1, -0.05) is 35.5 Å². The number of nitrogens with one attached hydrogen (secondary N) is 2. The van der Waals surface area contributed by atoms with Gasteiger partial charge >= 0.3 is 0 Å². The van der Waals surface area contributed by atoms with Crippen LogP contribution in [-0.4, -0.2) is 82.5 Å². The van der Waals surface area contributed by atoms with E-state index >= 15 is 0 Å². The van der Waals surface area contributed by atoms with E-state index in [0.717, 1.165) is 23.4 Å². The molecule has 1 aromatic heterocycles. The van der Waals surface area contributed by atoms with E-state index in [1.54, 1.807) is 0 Å². The number of likely N-dealkylation sites (tertiary alicyclic amines) is 1. The normalized spacial score (nSPS) is 35.7. The first-order valence-corrected chi connectivity index (χ1v) is 16.7. The molecule has 4 fully saturated rings. The fourth-order valence-electron chi connectivity index (χ4n) is 8.30. The number of aromatic nitrogens is 3. The Balaban J connectivity index is 1.48. The Morgan fingerprint density at radius 3 is 2.45 bits per heavy atom. The number of piperidine rings is 2. The van der Waals surface area contributed by atoms with Crippen molar-refractivity contribution >= 4 is 21.4 Å². The van der Waals surface area contributed by atoms with Crippen molar-refractivity contribution in [3.05, 3.63) is 47.3 Å². The maximum atomic E-state index is 14.4. The van der Waals surface area contributed by atoms with Crippen molar-refractivity contribution in [3.8, 4) is 0 Å². The number of hydrogen-bond donors (Lipinski definition) is 2. The smallest absolute Gasteiger partial charge is 0.248 e. The molecule has 1 aliphatic carbocycles. The van der Waals surface area contributed by atoms with Crippen LogP contribution in [0.3, 0.4) is 0 Å². The van der Waals surface area contributed by atoms with E-state index in [-0.39, 0.29) is 61.3 Å². The summed E-state index contributed by atoms with van der Waals surface area (Å²) in [6.45, 7) is 2.94. The average molecular weight is 597 g/mol. The topological polar surface area (TPSA) is 92.1 Å². The molecule has 0 radical (unpaired) electrons. The van der Waals surface area contributed by atoms with Crippen LogP contribution in [0.4, 0.5) is 8.78 Å². The molecule has 8 nitrogen and oxygen atoms in total. The molecule has 2 N–H and O–H groups in total. The summed E-state index contributed by atoms with van der Waals surface area (Å²) >= 11 is 6.98. The van der Waals surface area contributed by atoms with Crippen molar-refractivity contribution in [1.82, 2.24) is 30.5 Å². The SMILES string of the molecule is Cc1nnn(C)c1C1CNC2C3C(Cl)NCC(S(C)(=O)=O)C3N(C(c3ccccc3)C3CCC(F)(F)CC3)C2C1. The molecule has 4 heterocycles. The second kappa shape index (κ2) is 10.6. The Hall–Kier alpha value is -1.66. The number of hydrogen-bond acceptors (Lipinski definition) is 7. The van der Waals surface area contributed by atoms with Crippen LogP contribution in [0.25, 0.3) is 0 Å². The molecule has 6 rings (SSSR count). The lowest BCUT2D eigenvalue weighted by atomic mass is 9.77. The molecule has 0 bridgehead atoms. The molecule has 3 aliphatic heterocycles. The Morgan fingerprint density at radius 2 is 1.82 bits per heavy atom. The Kier molecular flexibility index (Phi) is 7.51.